The van der Waals surface area contributed by atoms with Crippen LogP contribution in [0.15, 0.2) is 6.33 Å². The van der Waals surface area contributed by atoms with Crippen molar-refractivity contribution in [3.8, 4) is 0 Å². The first-order chi connectivity index (χ1) is 10.6. The molecule has 1 aromatic rings. The van der Waals surface area contributed by atoms with Gasteiger partial charge in [-0.15, -0.1) is 10.2 Å². The van der Waals surface area contributed by atoms with Crippen LogP contribution in [0, 0.1) is 5.92 Å². The predicted molar refractivity (Wildman–Crippen MR) is 86.7 cm³/mol. The van der Waals surface area contributed by atoms with Gasteiger partial charge in [-0.1, -0.05) is 6.92 Å². The molecule has 124 valence electrons. The van der Waals surface area contributed by atoms with Crippen LogP contribution in [-0.2, 0) is 6.54 Å². The second-order valence-corrected chi connectivity index (χ2v) is 7.46. The van der Waals surface area contributed by atoms with Crippen LogP contribution < -0.4 is 0 Å². The standard InChI is InChI=1S/C17H30N4O/c1-3-21-13-18-19-16(21)15-5-4-10-20(11-15)12-17(22)8-6-14(2)7-9-17/h13-15,22H,3-12H2,1-2H3. The van der Waals surface area contributed by atoms with Gasteiger partial charge in [0.15, 0.2) is 0 Å². The van der Waals surface area contributed by atoms with Crippen molar-refractivity contribution in [2.24, 2.45) is 5.92 Å². The van der Waals surface area contributed by atoms with Crippen molar-refractivity contribution in [2.45, 2.75) is 70.4 Å². The van der Waals surface area contributed by atoms with Crippen LogP contribution in [-0.4, -0.2) is 50.0 Å². The van der Waals surface area contributed by atoms with Gasteiger partial charge in [0.1, 0.15) is 12.2 Å². The fourth-order valence-corrected chi connectivity index (χ4v) is 4.11. The van der Waals surface area contributed by atoms with E-state index in [1.165, 1.54) is 12.8 Å². The van der Waals surface area contributed by atoms with E-state index in [4.69, 9.17) is 0 Å². The minimum Gasteiger partial charge on any atom is -0.389 e. The maximum atomic E-state index is 10.9. The van der Waals surface area contributed by atoms with Crippen LogP contribution in [0.1, 0.15) is 64.1 Å². The number of β-amino-alcohol motifs (C(OH)–C–C–N with tert-alkyl or cyclic N) is 1. The lowest BCUT2D eigenvalue weighted by atomic mass is 9.79. The topological polar surface area (TPSA) is 54.2 Å². The zero-order chi connectivity index (χ0) is 15.6. The lowest BCUT2D eigenvalue weighted by Gasteiger charge is -2.41. The van der Waals surface area contributed by atoms with Crippen molar-refractivity contribution in [3.05, 3.63) is 12.2 Å². The quantitative estimate of drug-likeness (QED) is 0.928. The molecule has 5 heteroatoms. The van der Waals surface area contributed by atoms with E-state index in [2.05, 4.69) is 33.5 Å². The van der Waals surface area contributed by atoms with E-state index in [0.29, 0.717) is 5.92 Å². The minimum atomic E-state index is -0.465. The molecule has 0 aromatic carbocycles. The molecule has 1 N–H and O–H groups in total. The molecule has 2 fully saturated rings. The first-order valence-corrected chi connectivity index (χ1v) is 8.92. The van der Waals surface area contributed by atoms with Crippen LogP contribution in [0.4, 0.5) is 0 Å². The summed E-state index contributed by atoms with van der Waals surface area (Å²) in [5.41, 5.74) is -0.465. The van der Waals surface area contributed by atoms with Gasteiger partial charge in [-0.25, -0.2) is 0 Å². The molecular weight excluding hydrogens is 276 g/mol. The van der Waals surface area contributed by atoms with Gasteiger partial charge in [0.05, 0.1) is 5.60 Å². The van der Waals surface area contributed by atoms with E-state index in [1.54, 1.807) is 0 Å². The zero-order valence-electron chi connectivity index (χ0n) is 14.0. The Hall–Kier alpha value is -0.940. The number of aliphatic hydroxyl groups is 1. The molecule has 2 aliphatic rings. The van der Waals surface area contributed by atoms with E-state index in [9.17, 15) is 5.11 Å². The lowest BCUT2D eigenvalue weighted by Crippen LogP contribution is -2.48. The molecular formula is C17H30N4O. The Kier molecular flexibility index (Phi) is 4.83. The summed E-state index contributed by atoms with van der Waals surface area (Å²) in [6.45, 7) is 8.32. The smallest absolute Gasteiger partial charge is 0.137 e. The van der Waals surface area contributed by atoms with Gasteiger partial charge in [0.2, 0.25) is 0 Å². The molecule has 5 nitrogen and oxygen atoms in total. The van der Waals surface area contributed by atoms with Crippen molar-refractivity contribution >= 4 is 0 Å². The summed E-state index contributed by atoms with van der Waals surface area (Å²) >= 11 is 0. The number of hydrogen-bond donors (Lipinski definition) is 1. The molecule has 0 bridgehead atoms. The summed E-state index contributed by atoms with van der Waals surface area (Å²) in [6, 6.07) is 0. The van der Waals surface area contributed by atoms with Gasteiger partial charge < -0.3 is 9.67 Å². The van der Waals surface area contributed by atoms with Gasteiger partial charge in [-0.2, -0.15) is 0 Å². The predicted octanol–water partition coefficient (Wildman–Crippen LogP) is 2.42. The summed E-state index contributed by atoms with van der Waals surface area (Å²) in [6.07, 6.45) is 8.46. The molecule has 2 heterocycles. The molecule has 0 spiro atoms. The number of piperidine rings is 1. The second-order valence-electron chi connectivity index (χ2n) is 7.46. The highest BCUT2D eigenvalue weighted by Crippen LogP contribution is 2.34. The Bertz CT molecular complexity index is 479. The highest BCUT2D eigenvalue weighted by atomic mass is 16.3. The summed E-state index contributed by atoms with van der Waals surface area (Å²) in [5, 5.41) is 19.3. The highest BCUT2D eigenvalue weighted by Gasteiger charge is 2.35. The summed E-state index contributed by atoms with van der Waals surface area (Å²) < 4.78 is 2.16. The maximum absolute atomic E-state index is 10.9. The number of nitrogens with zero attached hydrogens (tertiary/aromatic N) is 4. The molecule has 3 rings (SSSR count). The third kappa shape index (κ3) is 3.51. The summed E-state index contributed by atoms with van der Waals surface area (Å²) in [5.74, 6) is 2.36. The maximum Gasteiger partial charge on any atom is 0.137 e. The van der Waals surface area contributed by atoms with Crippen LogP contribution >= 0.6 is 0 Å². The zero-order valence-corrected chi connectivity index (χ0v) is 14.0. The van der Waals surface area contributed by atoms with Crippen molar-refractivity contribution in [2.75, 3.05) is 19.6 Å². The monoisotopic (exact) mass is 306 g/mol. The second kappa shape index (κ2) is 6.67. The van der Waals surface area contributed by atoms with E-state index >= 15 is 0 Å². The molecule has 1 atom stereocenters. The number of likely N-dealkylation sites (tertiary alicyclic amines) is 1. The van der Waals surface area contributed by atoms with Crippen LogP contribution in [0.2, 0.25) is 0 Å². The van der Waals surface area contributed by atoms with E-state index in [0.717, 1.165) is 63.6 Å². The Balaban J connectivity index is 1.61. The minimum absolute atomic E-state index is 0.460. The first kappa shape index (κ1) is 15.9. The Morgan fingerprint density at radius 2 is 2.09 bits per heavy atom. The average Bonchev–Trinajstić information content (AvgIpc) is 2.99. The molecule has 22 heavy (non-hydrogen) atoms. The fraction of sp³-hybridized carbons (Fsp3) is 0.882. The third-order valence-corrected chi connectivity index (χ3v) is 5.58. The van der Waals surface area contributed by atoms with Crippen molar-refractivity contribution in [1.29, 1.82) is 0 Å². The Morgan fingerprint density at radius 1 is 1.32 bits per heavy atom. The molecule has 1 unspecified atom stereocenters. The number of aromatic nitrogens is 3. The number of aryl methyl sites for hydroxylation is 1. The molecule has 1 aliphatic heterocycles. The average molecular weight is 306 g/mol. The van der Waals surface area contributed by atoms with Gasteiger partial charge >= 0.3 is 0 Å². The molecule has 0 amide bonds. The molecule has 1 aliphatic carbocycles. The van der Waals surface area contributed by atoms with Gasteiger partial charge in [-0.05, 0) is 57.9 Å². The SMILES string of the molecule is CCn1cnnc1C1CCCN(CC2(O)CCC(C)CC2)C1. The number of rotatable bonds is 4. The Labute approximate surface area is 133 Å². The van der Waals surface area contributed by atoms with Crippen LogP contribution in [0.3, 0.4) is 0 Å². The normalized spacial score (nSPS) is 34.0. The van der Waals surface area contributed by atoms with Gasteiger partial charge in [0.25, 0.3) is 0 Å². The van der Waals surface area contributed by atoms with Crippen molar-refractivity contribution < 1.29 is 5.11 Å². The fourth-order valence-electron chi connectivity index (χ4n) is 4.11. The summed E-state index contributed by atoms with van der Waals surface area (Å²) in [4.78, 5) is 2.46. The largest absolute Gasteiger partial charge is 0.389 e. The van der Waals surface area contributed by atoms with Gasteiger partial charge in [0, 0.05) is 25.6 Å². The van der Waals surface area contributed by atoms with Crippen molar-refractivity contribution in [3.63, 3.8) is 0 Å². The molecule has 1 aromatic heterocycles. The van der Waals surface area contributed by atoms with Crippen LogP contribution in [0.25, 0.3) is 0 Å². The highest BCUT2D eigenvalue weighted by molar-refractivity contribution is 5.00. The van der Waals surface area contributed by atoms with Crippen LogP contribution in [0.5, 0.6) is 0 Å². The van der Waals surface area contributed by atoms with Crippen molar-refractivity contribution in [1.82, 2.24) is 19.7 Å². The Morgan fingerprint density at radius 3 is 2.82 bits per heavy atom. The number of hydrogen-bond acceptors (Lipinski definition) is 4. The molecule has 1 saturated heterocycles. The molecule has 0 radical (unpaired) electrons. The molecule has 1 saturated carbocycles. The van der Waals surface area contributed by atoms with E-state index < -0.39 is 5.60 Å². The third-order valence-electron chi connectivity index (χ3n) is 5.58. The lowest BCUT2D eigenvalue weighted by molar-refractivity contribution is -0.0399. The van der Waals surface area contributed by atoms with E-state index in [1.807, 2.05) is 6.33 Å². The summed E-state index contributed by atoms with van der Waals surface area (Å²) in [7, 11) is 0. The van der Waals surface area contributed by atoms with Gasteiger partial charge in [-0.3, -0.25) is 4.90 Å². The first-order valence-electron chi connectivity index (χ1n) is 8.92. The van der Waals surface area contributed by atoms with E-state index in [-0.39, 0.29) is 0 Å².